The average Bonchev–Trinajstić information content (AvgIpc) is 2.49. The van der Waals surface area contributed by atoms with Gasteiger partial charge in [-0.15, -0.1) is 0 Å². The molecule has 4 atom stereocenters. The summed E-state index contributed by atoms with van der Waals surface area (Å²) in [6.45, 7) is 7.17. The van der Waals surface area contributed by atoms with E-state index >= 15 is 0 Å². The summed E-state index contributed by atoms with van der Waals surface area (Å²) in [7, 11) is 0. The lowest BCUT2D eigenvalue weighted by molar-refractivity contribution is -0.144. The number of hydrogen-bond donors (Lipinski definition) is 5. The Hall–Kier alpha value is -2.16. The van der Waals surface area contributed by atoms with E-state index in [0.717, 1.165) is 0 Å². The van der Waals surface area contributed by atoms with Gasteiger partial charge in [0.2, 0.25) is 11.8 Å². The smallest absolute Gasteiger partial charge is 0.326 e. The minimum absolute atomic E-state index is 0.147. The number of carboxylic acids is 2. The largest absolute Gasteiger partial charge is 0.481 e. The molecular formula is C16H29N3O6. The fourth-order valence-corrected chi connectivity index (χ4v) is 2.21. The third-order valence-electron chi connectivity index (χ3n) is 3.85. The standard InChI is InChI=1S/C16H29N3O6/c1-5-9(4)13(16(24)25)19-15(23)11(7-12(20)21)18-14(22)10(17)6-8(2)3/h8-11,13H,5-7,17H2,1-4H3,(H,18,22)(H,19,23)(H,20,21)(H,24,25)/t9-,10-,11-,13-/m0/s1. The molecule has 6 N–H and O–H groups in total. The van der Waals surface area contributed by atoms with E-state index in [2.05, 4.69) is 10.6 Å². The van der Waals surface area contributed by atoms with Gasteiger partial charge >= 0.3 is 11.9 Å². The van der Waals surface area contributed by atoms with Crippen molar-refractivity contribution in [1.29, 1.82) is 0 Å². The number of nitrogens with one attached hydrogen (secondary N) is 2. The molecule has 0 unspecified atom stereocenters. The Morgan fingerprint density at radius 3 is 1.96 bits per heavy atom. The van der Waals surface area contributed by atoms with Crippen LogP contribution in [0.2, 0.25) is 0 Å². The van der Waals surface area contributed by atoms with Crippen LogP contribution in [-0.2, 0) is 19.2 Å². The summed E-state index contributed by atoms with van der Waals surface area (Å²) in [5.74, 6) is -4.24. The van der Waals surface area contributed by atoms with Crippen LogP contribution in [0.4, 0.5) is 0 Å². The van der Waals surface area contributed by atoms with Crippen LogP contribution >= 0.6 is 0 Å². The molecule has 0 aliphatic rings. The fourth-order valence-electron chi connectivity index (χ4n) is 2.21. The Morgan fingerprint density at radius 2 is 1.56 bits per heavy atom. The predicted octanol–water partition coefficient (Wildman–Crippen LogP) is -0.0652. The number of rotatable bonds is 11. The number of aliphatic carboxylic acids is 2. The maximum absolute atomic E-state index is 12.3. The summed E-state index contributed by atoms with van der Waals surface area (Å²) in [4.78, 5) is 46.6. The van der Waals surface area contributed by atoms with Crippen LogP contribution in [-0.4, -0.2) is 52.1 Å². The number of amides is 2. The lowest BCUT2D eigenvalue weighted by Crippen LogP contribution is -2.56. The third-order valence-corrected chi connectivity index (χ3v) is 3.85. The molecule has 0 aromatic carbocycles. The molecule has 0 aliphatic heterocycles. The third kappa shape index (κ3) is 8.48. The molecule has 0 aromatic heterocycles. The normalized spacial score (nSPS) is 15.8. The molecule has 0 aromatic rings. The molecule has 0 spiro atoms. The minimum Gasteiger partial charge on any atom is -0.481 e. The van der Waals surface area contributed by atoms with Crippen molar-refractivity contribution in [3.8, 4) is 0 Å². The van der Waals surface area contributed by atoms with Gasteiger partial charge in [-0.3, -0.25) is 14.4 Å². The Labute approximate surface area is 147 Å². The van der Waals surface area contributed by atoms with Gasteiger partial charge < -0.3 is 26.6 Å². The van der Waals surface area contributed by atoms with Crippen molar-refractivity contribution < 1.29 is 29.4 Å². The van der Waals surface area contributed by atoms with Crippen LogP contribution < -0.4 is 16.4 Å². The number of carbonyl (C=O) groups is 4. The van der Waals surface area contributed by atoms with Crippen molar-refractivity contribution in [3.05, 3.63) is 0 Å². The molecule has 0 fully saturated rings. The summed E-state index contributed by atoms with van der Waals surface area (Å²) >= 11 is 0. The van der Waals surface area contributed by atoms with E-state index in [-0.39, 0.29) is 11.8 Å². The SMILES string of the molecule is CC[C@H](C)[C@H](NC(=O)[C@H](CC(=O)O)NC(=O)[C@@H](N)CC(C)C)C(=O)O. The van der Waals surface area contributed by atoms with E-state index in [0.29, 0.717) is 12.8 Å². The zero-order valence-corrected chi connectivity index (χ0v) is 15.1. The molecule has 0 saturated heterocycles. The molecule has 9 nitrogen and oxygen atoms in total. The Balaban J connectivity index is 5.12. The van der Waals surface area contributed by atoms with Gasteiger partial charge in [-0.25, -0.2) is 4.79 Å². The molecule has 2 amide bonds. The Kier molecular flexibility index (Phi) is 9.73. The van der Waals surface area contributed by atoms with E-state index in [1.807, 2.05) is 13.8 Å². The van der Waals surface area contributed by atoms with E-state index in [4.69, 9.17) is 10.8 Å². The van der Waals surface area contributed by atoms with Crippen LogP contribution in [0.3, 0.4) is 0 Å². The van der Waals surface area contributed by atoms with Gasteiger partial charge in [0.15, 0.2) is 0 Å². The number of carbonyl (C=O) groups excluding carboxylic acids is 2. The summed E-state index contributed by atoms with van der Waals surface area (Å²) in [6, 6.07) is -3.45. The van der Waals surface area contributed by atoms with Crippen LogP contribution in [0.5, 0.6) is 0 Å². The lowest BCUT2D eigenvalue weighted by atomic mass is 9.98. The maximum atomic E-state index is 12.3. The molecule has 0 bridgehead atoms. The lowest BCUT2D eigenvalue weighted by Gasteiger charge is -2.24. The van der Waals surface area contributed by atoms with Crippen molar-refractivity contribution in [2.24, 2.45) is 17.6 Å². The number of hydrogen-bond acceptors (Lipinski definition) is 5. The topological polar surface area (TPSA) is 159 Å². The highest BCUT2D eigenvalue weighted by molar-refractivity contribution is 5.93. The second-order valence-corrected chi connectivity index (χ2v) is 6.61. The summed E-state index contributed by atoms with van der Waals surface area (Å²) in [5, 5.41) is 22.8. The van der Waals surface area contributed by atoms with Gasteiger partial charge in [0, 0.05) is 0 Å². The van der Waals surface area contributed by atoms with Crippen molar-refractivity contribution in [3.63, 3.8) is 0 Å². The molecule has 144 valence electrons. The zero-order chi connectivity index (χ0) is 19.7. The fraction of sp³-hybridized carbons (Fsp3) is 0.750. The van der Waals surface area contributed by atoms with Gasteiger partial charge in [0.1, 0.15) is 12.1 Å². The number of carboxylic acid groups (broad SMARTS) is 2. The van der Waals surface area contributed by atoms with Crippen molar-refractivity contribution in [1.82, 2.24) is 10.6 Å². The average molecular weight is 359 g/mol. The zero-order valence-electron chi connectivity index (χ0n) is 15.1. The molecule has 0 saturated carbocycles. The van der Waals surface area contributed by atoms with E-state index < -0.39 is 48.3 Å². The first-order valence-electron chi connectivity index (χ1n) is 8.30. The molecule has 0 heterocycles. The highest BCUT2D eigenvalue weighted by Gasteiger charge is 2.31. The van der Waals surface area contributed by atoms with Crippen LogP contribution in [0.25, 0.3) is 0 Å². The molecule has 0 radical (unpaired) electrons. The maximum Gasteiger partial charge on any atom is 0.326 e. The Morgan fingerprint density at radius 1 is 1.00 bits per heavy atom. The quantitative estimate of drug-likeness (QED) is 0.345. The highest BCUT2D eigenvalue weighted by Crippen LogP contribution is 2.09. The van der Waals surface area contributed by atoms with Gasteiger partial charge in [-0.2, -0.15) is 0 Å². The number of nitrogens with two attached hydrogens (primary N) is 1. The van der Waals surface area contributed by atoms with Crippen LogP contribution in [0.15, 0.2) is 0 Å². The molecule has 9 heteroatoms. The van der Waals surface area contributed by atoms with Crippen molar-refractivity contribution in [2.45, 2.75) is 65.1 Å². The van der Waals surface area contributed by atoms with E-state index in [9.17, 15) is 24.3 Å². The van der Waals surface area contributed by atoms with Gasteiger partial charge in [-0.05, 0) is 18.3 Å². The second kappa shape index (κ2) is 10.7. The molecule has 25 heavy (non-hydrogen) atoms. The molecular weight excluding hydrogens is 330 g/mol. The van der Waals surface area contributed by atoms with Crippen molar-refractivity contribution in [2.75, 3.05) is 0 Å². The van der Waals surface area contributed by atoms with Gasteiger partial charge in [0.25, 0.3) is 0 Å². The summed E-state index contributed by atoms with van der Waals surface area (Å²) < 4.78 is 0. The first-order valence-corrected chi connectivity index (χ1v) is 8.30. The second-order valence-electron chi connectivity index (χ2n) is 6.61. The summed E-state index contributed by atoms with van der Waals surface area (Å²) in [6.07, 6.45) is 0.211. The summed E-state index contributed by atoms with van der Waals surface area (Å²) in [5.41, 5.74) is 5.73. The first kappa shape index (κ1) is 22.8. The van der Waals surface area contributed by atoms with E-state index in [1.165, 1.54) is 0 Å². The minimum atomic E-state index is -1.39. The van der Waals surface area contributed by atoms with Crippen LogP contribution in [0, 0.1) is 11.8 Å². The van der Waals surface area contributed by atoms with Gasteiger partial charge in [-0.1, -0.05) is 34.1 Å². The molecule has 0 aliphatic carbocycles. The Bertz CT molecular complexity index is 494. The first-order chi connectivity index (χ1) is 11.5. The monoisotopic (exact) mass is 359 g/mol. The highest BCUT2D eigenvalue weighted by atomic mass is 16.4. The van der Waals surface area contributed by atoms with Crippen molar-refractivity contribution >= 4 is 23.8 Å². The predicted molar refractivity (Wildman–Crippen MR) is 90.6 cm³/mol. The van der Waals surface area contributed by atoms with E-state index in [1.54, 1.807) is 13.8 Å². The molecule has 0 rings (SSSR count). The van der Waals surface area contributed by atoms with Gasteiger partial charge in [0.05, 0.1) is 12.5 Å². The van der Waals surface area contributed by atoms with Crippen LogP contribution in [0.1, 0.15) is 47.0 Å².